The summed E-state index contributed by atoms with van der Waals surface area (Å²) in [5, 5.41) is 8.38. The Labute approximate surface area is 81.4 Å². The van der Waals surface area contributed by atoms with Crippen molar-refractivity contribution < 1.29 is 27.5 Å². The number of pyridine rings is 1. The molecule has 0 atom stereocenters. The number of hydrogen-bond acceptors (Lipinski definition) is 2. The molecule has 82 valence electrons. The Morgan fingerprint density at radius 2 is 2.00 bits per heavy atom. The fourth-order valence-electron chi connectivity index (χ4n) is 1.02. The summed E-state index contributed by atoms with van der Waals surface area (Å²) in [4.78, 5) is 13.1. The molecule has 0 amide bonds. The van der Waals surface area contributed by atoms with E-state index in [1.807, 2.05) is 0 Å². The molecule has 0 aliphatic rings. The summed E-state index contributed by atoms with van der Waals surface area (Å²) in [6.45, 7) is 1.00. The van der Waals surface area contributed by atoms with E-state index in [2.05, 4.69) is 4.98 Å². The SMILES string of the molecule is Cc1cc(F)c(C(=O)O)nc1C(F)(F)F. The Hall–Kier alpha value is -1.66. The molecule has 7 heteroatoms. The van der Waals surface area contributed by atoms with Crippen molar-refractivity contribution in [3.8, 4) is 0 Å². The molecule has 0 aromatic carbocycles. The number of rotatable bonds is 1. The minimum Gasteiger partial charge on any atom is -0.476 e. The summed E-state index contributed by atoms with van der Waals surface area (Å²) in [6, 6.07) is 0.499. The number of nitrogens with zero attached hydrogens (tertiary/aromatic N) is 1. The smallest absolute Gasteiger partial charge is 0.433 e. The summed E-state index contributed by atoms with van der Waals surface area (Å²) >= 11 is 0. The van der Waals surface area contributed by atoms with Crippen LogP contribution in [-0.4, -0.2) is 16.1 Å². The molecule has 15 heavy (non-hydrogen) atoms. The third-order valence-corrected chi connectivity index (χ3v) is 1.64. The van der Waals surface area contributed by atoms with Gasteiger partial charge in [0.1, 0.15) is 5.69 Å². The normalized spacial score (nSPS) is 11.5. The van der Waals surface area contributed by atoms with Gasteiger partial charge >= 0.3 is 12.1 Å². The molecule has 1 heterocycles. The Kier molecular flexibility index (Phi) is 2.65. The first-order valence-corrected chi connectivity index (χ1v) is 3.71. The third-order valence-electron chi connectivity index (χ3n) is 1.64. The van der Waals surface area contributed by atoms with Crippen molar-refractivity contribution in [2.24, 2.45) is 0 Å². The molecule has 0 saturated heterocycles. The van der Waals surface area contributed by atoms with Gasteiger partial charge < -0.3 is 5.11 Å². The number of carboxylic acids is 1. The fourth-order valence-corrected chi connectivity index (χ4v) is 1.02. The summed E-state index contributed by atoms with van der Waals surface area (Å²) in [7, 11) is 0. The zero-order valence-electron chi connectivity index (χ0n) is 7.39. The number of carbonyl (C=O) groups is 1. The average molecular weight is 223 g/mol. The topological polar surface area (TPSA) is 50.2 Å². The third kappa shape index (κ3) is 2.23. The number of carboxylic acid groups (broad SMARTS) is 1. The molecule has 0 spiro atoms. The number of aryl methyl sites for hydroxylation is 1. The zero-order chi connectivity index (χ0) is 11.8. The monoisotopic (exact) mass is 223 g/mol. The summed E-state index contributed by atoms with van der Waals surface area (Å²) < 4.78 is 49.6. The van der Waals surface area contributed by atoms with Crippen LogP contribution in [0.4, 0.5) is 17.6 Å². The number of alkyl halides is 3. The molecule has 1 aromatic heterocycles. The van der Waals surface area contributed by atoms with Gasteiger partial charge in [-0.15, -0.1) is 0 Å². The lowest BCUT2D eigenvalue weighted by Gasteiger charge is -2.09. The van der Waals surface area contributed by atoms with Gasteiger partial charge in [0.25, 0.3) is 0 Å². The van der Waals surface area contributed by atoms with Gasteiger partial charge in [0, 0.05) is 0 Å². The molecular weight excluding hydrogens is 218 g/mol. The maximum Gasteiger partial charge on any atom is 0.433 e. The van der Waals surface area contributed by atoms with Gasteiger partial charge in [-0.3, -0.25) is 0 Å². The summed E-state index contributed by atoms with van der Waals surface area (Å²) in [6.07, 6.45) is -4.79. The van der Waals surface area contributed by atoms with E-state index in [0.717, 1.165) is 6.92 Å². The first-order valence-electron chi connectivity index (χ1n) is 3.71. The minimum absolute atomic E-state index is 0.454. The number of aromatic carboxylic acids is 1. The van der Waals surface area contributed by atoms with Crippen LogP contribution < -0.4 is 0 Å². The van der Waals surface area contributed by atoms with Crippen molar-refractivity contribution in [2.45, 2.75) is 13.1 Å². The van der Waals surface area contributed by atoms with Crippen LogP contribution in [0.3, 0.4) is 0 Å². The van der Waals surface area contributed by atoms with E-state index >= 15 is 0 Å². The van der Waals surface area contributed by atoms with Gasteiger partial charge in [0.15, 0.2) is 11.5 Å². The van der Waals surface area contributed by atoms with Crippen LogP contribution in [0.5, 0.6) is 0 Å². The van der Waals surface area contributed by atoms with Gasteiger partial charge in [0.2, 0.25) is 0 Å². The maximum atomic E-state index is 12.9. The lowest BCUT2D eigenvalue weighted by atomic mass is 10.2. The number of halogens is 4. The number of aromatic nitrogens is 1. The Morgan fingerprint density at radius 3 is 2.40 bits per heavy atom. The van der Waals surface area contributed by atoms with Crippen molar-refractivity contribution in [1.29, 1.82) is 0 Å². The molecule has 0 aliphatic carbocycles. The van der Waals surface area contributed by atoms with Gasteiger partial charge in [-0.05, 0) is 18.6 Å². The van der Waals surface area contributed by atoms with Crippen LogP contribution in [0.15, 0.2) is 6.07 Å². The first kappa shape index (κ1) is 11.4. The molecule has 0 bridgehead atoms. The largest absolute Gasteiger partial charge is 0.476 e. The zero-order valence-corrected chi connectivity index (χ0v) is 7.39. The van der Waals surface area contributed by atoms with Crippen LogP contribution in [0, 0.1) is 12.7 Å². The van der Waals surface area contributed by atoms with Crippen LogP contribution >= 0.6 is 0 Å². The Balaban J connectivity index is 3.43. The molecule has 1 N–H and O–H groups in total. The predicted molar refractivity (Wildman–Crippen MR) is 40.9 cm³/mol. The molecule has 1 rings (SSSR count). The second-order valence-electron chi connectivity index (χ2n) is 2.79. The van der Waals surface area contributed by atoms with E-state index in [1.165, 1.54) is 0 Å². The molecule has 0 radical (unpaired) electrons. The van der Waals surface area contributed by atoms with Gasteiger partial charge in [-0.2, -0.15) is 13.2 Å². The van der Waals surface area contributed by atoms with Crippen molar-refractivity contribution in [2.75, 3.05) is 0 Å². The fraction of sp³-hybridized carbons (Fsp3) is 0.250. The van der Waals surface area contributed by atoms with Gasteiger partial charge in [-0.25, -0.2) is 14.2 Å². The highest BCUT2D eigenvalue weighted by atomic mass is 19.4. The molecule has 0 aliphatic heterocycles. The Morgan fingerprint density at radius 1 is 1.47 bits per heavy atom. The van der Waals surface area contributed by atoms with E-state index < -0.39 is 34.9 Å². The summed E-state index contributed by atoms with van der Waals surface area (Å²) in [5.74, 6) is -3.12. The van der Waals surface area contributed by atoms with Crippen LogP contribution in [0.1, 0.15) is 21.7 Å². The highest BCUT2D eigenvalue weighted by Crippen LogP contribution is 2.30. The first-order chi connectivity index (χ1) is 6.73. The molecule has 0 unspecified atom stereocenters. The maximum absolute atomic E-state index is 12.9. The molecule has 0 saturated carbocycles. The van der Waals surface area contributed by atoms with Gasteiger partial charge in [-0.1, -0.05) is 0 Å². The highest BCUT2D eigenvalue weighted by Gasteiger charge is 2.36. The lowest BCUT2D eigenvalue weighted by molar-refractivity contribution is -0.141. The Bertz CT molecular complexity index is 414. The van der Waals surface area contributed by atoms with E-state index in [4.69, 9.17) is 5.11 Å². The van der Waals surface area contributed by atoms with Crippen molar-refractivity contribution in [3.05, 3.63) is 28.8 Å². The summed E-state index contributed by atoms with van der Waals surface area (Å²) in [5.41, 5.74) is -3.07. The predicted octanol–water partition coefficient (Wildman–Crippen LogP) is 2.25. The van der Waals surface area contributed by atoms with Crippen molar-refractivity contribution in [1.82, 2.24) is 4.98 Å². The van der Waals surface area contributed by atoms with E-state index in [9.17, 15) is 22.4 Å². The van der Waals surface area contributed by atoms with Crippen molar-refractivity contribution in [3.63, 3.8) is 0 Å². The van der Waals surface area contributed by atoms with Crippen LogP contribution in [0.2, 0.25) is 0 Å². The highest BCUT2D eigenvalue weighted by molar-refractivity contribution is 5.85. The minimum atomic E-state index is -4.79. The van der Waals surface area contributed by atoms with Crippen molar-refractivity contribution >= 4 is 5.97 Å². The van der Waals surface area contributed by atoms with E-state index in [1.54, 1.807) is 0 Å². The second kappa shape index (κ2) is 3.48. The van der Waals surface area contributed by atoms with E-state index in [0.29, 0.717) is 6.07 Å². The molecule has 1 aromatic rings. The second-order valence-corrected chi connectivity index (χ2v) is 2.79. The van der Waals surface area contributed by atoms with Crippen LogP contribution in [0.25, 0.3) is 0 Å². The quantitative estimate of drug-likeness (QED) is 0.743. The molecule has 0 fully saturated rings. The lowest BCUT2D eigenvalue weighted by Crippen LogP contribution is -2.15. The van der Waals surface area contributed by atoms with Gasteiger partial charge in [0.05, 0.1) is 0 Å². The average Bonchev–Trinajstić information content (AvgIpc) is 2.00. The standard InChI is InChI=1S/C8H5F4NO2/c1-3-2-4(9)5(7(14)15)13-6(3)8(10,11)12/h2H,1H3,(H,14,15). The molecular formula is C8H5F4NO2. The van der Waals surface area contributed by atoms with E-state index in [-0.39, 0.29) is 0 Å². The molecule has 3 nitrogen and oxygen atoms in total. The number of hydrogen-bond donors (Lipinski definition) is 1. The van der Waals surface area contributed by atoms with Crippen LogP contribution in [-0.2, 0) is 6.18 Å².